The van der Waals surface area contributed by atoms with Crippen LogP contribution in [0.3, 0.4) is 0 Å². The van der Waals surface area contributed by atoms with Crippen LogP contribution in [0.25, 0.3) is 0 Å². The van der Waals surface area contributed by atoms with Crippen molar-refractivity contribution in [2.24, 2.45) is 5.92 Å². The zero-order chi connectivity index (χ0) is 19.1. The zero-order valence-electron chi connectivity index (χ0n) is 14.9. The average Bonchev–Trinajstić information content (AvgIpc) is 3.01. The molecule has 1 aromatic carbocycles. The lowest BCUT2D eigenvalue weighted by atomic mass is 10.1. The quantitative estimate of drug-likeness (QED) is 0.735. The molecule has 0 radical (unpaired) electrons. The highest BCUT2D eigenvalue weighted by Crippen LogP contribution is 2.26. The molecular weight excluding hydrogens is 338 g/mol. The maximum atomic E-state index is 12.2. The molecule has 1 aliphatic rings. The third kappa shape index (κ3) is 5.05. The molecule has 0 spiro atoms. The van der Waals surface area contributed by atoms with Gasteiger partial charge < -0.3 is 15.0 Å². The van der Waals surface area contributed by atoms with Gasteiger partial charge in [0.05, 0.1) is 5.92 Å². The number of anilines is 1. The van der Waals surface area contributed by atoms with E-state index < -0.39 is 30.4 Å². The van der Waals surface area contributed by atoms with Crippen LogP contribution in [0.5, 0.6) is 0 Å². The maximum absolute atomic E-state index is 12.2. The molecule has 1 saturated heterocycles. The van der Waals surface area contributed by atoms with E-state index in [1.54, 1.807) is 11.8 Å². The van der Waals surface area contributed by atoms with Crippen LogP contribution < -0.4 is 15.5 Å². The summed E-state index contributed by atoms with van der Waals surface area (Å²) in [4.78, 5) is 48.6. The van der Waals surface area contributed by atoms with E-state index in [1.807, 2.05) is 36.5 Å². The van der Waals surface area contributed by atoms with Gasteiger partial charge in [-0.1, -0.05) is 19.1 Å². The smallest absolute Gasteiger partial charge is 0.321 e. The van der Waals surface area contributed by atoms with Gasteiger partial charge in [0, 0.05) is 25.2 Å². The minimum absolute atomic E-state index is 0.0340. The molecule has 26 heavy (non-hydrogen) atoms. The second-order valence-electron chi connectivity index (χ2n) is 5.94. The van der Waals surface area contributed by atoms with E-state index in [-0.39, 0.29) is 18.9 Å². The number of imide groups is 1. The summed E-state index contributed by atoms with van der Waals surface area (Å²) in [5.74, 6) is -2.15. The van der Waals surface area contributed by atoms with E-state index in [0.29, 0.717) is 6.54 Å². The largest absolute Gasteiger partial charge is 0.455 e. The van der Waals surface area contributed by atoms with Gasteiger partial charge in [0.15, 0.2) is 6.61 Å². The molecule has 8 nitrogen and oxygen atoms in total. The second kappa shape index (κ2) is 8.98. The number of ether oxygens (including phenoxy) is 1. The lowest BCUT2D eigenvalue weighted by Crippen LogP contribution is -2.41. The first-order valence-corrected chi connectivity index (χ1v) is 8.58. The number of esters is 1. The molecule has 0 unspecified atom stereocenters. The van der Waals surface area contributed by atoms with Crippen LogP contribution in [0.1, 0.15) is 25.8 Å². The number of carbonyl (C=O) groups is 4. The number of aryl methyl sites for hydroxylation is 1. The maximum Gasteiger partial charge on any atom is 0.321 e. The van der Waals surface area contributed by atoms with Crippen molar-refractivity contribution in [2.45, 2.75) is 26.7 Å². The number of urea groups is 1. The molecule has 4 amide bonds. The molecule has 0 aromatic heterocycles. The molecule has 8 heteroatoms. The Balaban J connectivity index is 1.86. The minimum Gasteiger partial charge on any atom is -0.455 e. The summed E-state index contributed by atoms with van der Waals surface area (Å²) in [6.07, 6.45) is 0.938. The Kier molecular flexibility index (Phi) is 6.71. The summed E-state index contributed by atoms with van der Waals surface area (Å²) >= 11 is 0. The molecule has 140 valence electrons. The lowest BCUT2D eigenvalue weighted by Gasteiger charge is -2.17. The number of rotatable bonds is 6. The molecule has 2 rings (SSSR count). The summed E-state index contributed by atoms with van der Waals surface area (Å²) < 4.78 is 4.93. The van der Waals surface area contributed by atoms with Gasteiger partial charge in [-0.3, -0.25) is 19.7 Å². The van der Waals surface area contributed by atoms with Crippen LogP contribution in [0.15, 0.2) is 24.3 Å². The van der Waals surface area contributed by atoms with E-state index in [2.05, 4.69) is 5.32 Å². The Morgan fingerprint density at radius 3 is 2.50 bits per heavy atom. The van der Waals surface area contributed by atoms with E-state index in [0.717, 1.165) is 17.7 Å². The lowest BCUT2D eigenvalue weighted by molar-refractivity contribution is -0.152. The topological polar surface area (TPSA) is 105 Å². The van der Waals surface area contributed by atoms with Crippen molar-refractivity contribution in [1.82, 2.24) is 10.6 Å². The Bertz CT molecular complexity index is 687. The average molecular weight is 361 g/mol. The Morgan fingerprint density at radius 1 is 1.19 bits per heavy atom. The summed E-state index contributed by atoms with van der Waals surface area (Å²) in [5.41, 5.74) is 1.89. The number of hydrogen-bond donors (Lipinski definition) is 2. The van der Waals surface area contributed by atoms with E-state index in [9.17, 15) is 19.2 Å². The van der Waals surface area contributed by atoms with Crippen molar-refractivity contribution in [3.63, 3.8) is 0 Å². The standard InChI is InChI=1S/C18H23N3O5/c1-3-12-5-7-14(8-6-12)21-10-13(9-16(21)23)17(24)26-11-15(22)20-18(25)19-4-2/h5-8,13H,3-4,9-11H2,1-2H3,(H2,19,20,22,25)/t13-/m1/s1. The minimum atomic E-state index is -0.722. The Hall–Kier alpha value is -2.90. The highest BCUT2D eigenvalue weighted by atomic mass is 16.5. The predicted octanol–water partition coefficient (Wildman–Crippen LogP) is 0.991. The molecule has 0 aliphatic carbocycles. The first kappa shape index (κ1) is 19.4. The monoisotopic (exact) mass is 361 g/mol. The van der Waals surface area contributed by atoms with Gasteiger partial charge >= 0.3 is 12.0 Å². The molecule has 0 bridgehead atoms. The van der Waals surface area contributed by atoms with Crippen LogP contribution in [0, 0.1) is 5.92 Å². The van der Waals surface area contributed by atoms with Gasteiger partial charge in [0.1, 0.15) is 0 Å². The summed E-state index contributed by atoms with van der Waals surface area (Å²) in [6.45, 7) is 3.78. The highest BCUT2D eigenvalue weighted by molar-refractivity contribution is 6.00. The molecular formula is C18H23N3O5. The molecule has 2 N–H and O–H groups in total. The molecule has 0 saturated carbocycles. The number of hydrogen-bond acceptors (Lipinski definition) is 5. The van der Waals surface area contributed by atoms with Gasteiger partial charge in [-0.05, 0) is 31.0 Å². The van der Waals surface area contributed by atoms with Gasteiger partial charge in [0.2, 0.25) is 5.91 Å². The van der Waals surface area contributed by atoms with Crippen LogP contribution in [0.2, 0.25) is 0 Å². The molecule has 1 heterocycles. The van der Waals surface area contributed by atoms with Crippen molar-refractivity contribution in [3.05, 3.63) is 29.8 Å². The van der Waals surface area contributed by atoms with Gasteiger partial charge in [0.25, 0.3) is 5.91 Å². The third-order valence-electron chi connectivity index (χ3n) is 4.05. The van der Waals surface area contributed by atoms with E-state index in [4.69, 9.17) is 4.74 Å². The molecule has 1 fully saturated rings. The van der Waals surface area contributed by atoms with Gasteiger partial charge in [-0.15, -0.1) is 0 Å². The normalized spacial score (nSPS) is 16.3. The SMILES string of the molecule is CCNC(=O)NC(=O)COC(=O)[C@@H]1CC(=O)N(c2ccc(CC)cc2)C1. The predicted molar refractivity (Wildman–Crippen MR) is 94.5 cm³/mol. The molecule has 1 atom stereocenters. The van der Waals surface area contributed by atoms with Crippen molar-refractivity contribution >= 4 is 29.5 Å². The highest BCUT2D eigenvalue weighted by Gasteiger charge is 2.36. The number of nitrogens with zero attached hydrogens (tertiary/aromatic N) is 1. The molecule has 1 aliphatic heterocycles. The number of amides is 4. The first-order valence-electron chi connectivity index (χ1n) is 8.58. The number of carbonyl (C=O) groups excluding carboxylic acids is 4. The second-order valence-corrected chi connectivity index (χ2v) is 5.94. The van der Waals surface area contributed by atoms with Crippen molar-refractivity contribution in [1.29, 1.82) is 0 Å². The van der Waals surface area contributed by atoms with Crippen molar-refractivity contribution < 1.29 is 23.9 Å². The summed E-state index contributed by atoms with van der Waals surface area (Å²) in [5, 5.41) is 4.43. The zero-order valence-corrected chi connectivity index (χ0v) is 14.9. The van der Waals surface area contributed by atoms with E-state index >= 15 is 0 Å². The number of nitrogens with one attached hydrogen (secondary N) is 2. The van der Waals surface area contributed by atoms with E-state index in [1.165, 1.54) is 0 Å². The molecule has 1 aromatic rings. The van der Waals surface area contributed by atoms with Crippen LogP contribution in [-0.2, 0) is 25.5 Å². The summed E-state index contributed by atoms with van der Waals surface area (Å²) in [7, 11) is 0. The fourth-order valence-corrected chi connectivity index (χ4v) is 2.65. The van der Waals surface area contributed by atoms with Crippen LogP contribution >= 0.6 is 0 Å². The Morgan fingerprint density at radius 2 is 1.88 bits per heavy atom. The number of benzene rings is 1. The fraction of sp³-hybridized carbons (Fsp3) is 0.444. The first-order chi connectivity index (χ1) is 12.4. The van der Waals surface area contributed by atoms with Crippen LogP contribution in [-0.4, -0.2) is 43.5 Å². The van der Waals surface area contributed by atoms with Crippen LogP contribution in [0.4, 0.5) is 10.5 Å². The van der Waals surface area contributed by atoms with Gasteiger partial charge in [-0.25, -0.2) is 4.79 Å². The third-order valence-corrected chi connectivity index (χ3v) is 4.05. The summed E-state index contributed by atoms with van der Waals surface area (Å²) in [6, 6.07) is 6.94. The van der Waals surface area contributed by atoms with Crippen molar-refractivity contribution in [2.75, 3.05) is 24.6 Å². The fourth-order valence-electron chi connectivity index (χ4n) is 2.65. The van der Waals surface area contributed by atoms with Gasteiger partial charge in [-0.2, -0.15) is 0 Å². The van der Waals surface area contributed by atoms with Crippen molar-refractivity contribution in [3.8, 4) is 0 Å². The Labute approximate surface area is 151 Å².